The summed E-state index contributed by atoms with van der Waals surface area (Å²) in [6.07, 6.45) is 0.879. The molecule has 0 aliphatic carbocycles. The zero-order valence-electron chi connectivity index (χ0n) is 16.6. The summed E-state index contributed by atoms with van der Waals surface area (Å²) < 4.78 is 5.43. The van der Waals surface area contributed by atoms with E-state index in [9.17, 15) is 4.79 Å². The highest BCUT2D eigenvalue weighted by atomic mass is 16.5. The Balaban J connectivity index is 1.71. The van der Waals surface area contributed by atoms with Gasteiger partial charge in [-0.15, -0.1) is 0 Å². The average molecular weight is 379 g/mol. The fraction of sp³-hybridized carbons (Fsp3) is 0.286. The van der Waals surface area contributed by atoms with Crippen LogP contribution in [-0.4, -0.2) is 36.3 Å². The Morgan fingerprint density at radius 3 is 2.57 bits per heavy atom. The lowest BCUT2D eigenvalue weighted by Crippen LogP contribution is -2.35. The van der Waals surface area contributed by atoms with Gasteiger partial charge in [-0.25, -0.2) is 4.79 Å². The summed E-state index contributed by atoms with van der Waals surface area (Å²) in [5.74, 6) is 0.967. The van der Waals surface area contributed by atoms with Crippen molar-refractivity contribution in [3.05, 3.63) is 48.5 Å². The van der Waals surface area contributed by atoms with Crippen molar-refractivity contribution in [1.29, 1.82) is 0 Å². The van der Waals surface area contributed by atoms with Crippen LogP contribution in [0.5, 0.6) is 0 Å². The lowest BCUT2D eigenvalue weighted by atomic mass is 10.2. The van der Waals surface area contributed by atoms with E-state index in [2.05, 4.69) is 20.8 Å². The number of benzene rings is 2. The number of nitrogens with one attached hydrogen (secondary N) is 2. The average Bonchev–Trinajstić information content (AvgIpc) is 3.18. The molecule has 0 bridgehead atoms. The van der Waals surface area contributed by atoms with Crippen molar-refractivity contribution in [3.63, 3.8) is 0 Å². The van der Waals surface area contributed by atoms with Gasteiger partial charge < -0.3 is 20.1 Å². The van der Waals surface area contributed by atoms with Crippen LogP contribution in [0, 0.1) is 0 Å². The zero-order valence-corrected chi connectivity index (χ0v) is 16.6. The van der Waals surface area contributed by atoms with Gasteiger partial charge in [0.1, 0.15) is 0 Å². The number of carbonyl (C=O) groups is 1. The summed E-state index contributed by atoms with van der Waals surface area (Å²) in [7, 11) is 3.97. The third-order valence-electron chi connectivity index (χ3n) is 4.43. The van der Waals surface area contributed by atoms with Gasteiger partial charge >= 0.3 is 6.03 Å². The topological polar surface area (TPSA) is 83.3 Å². The van der Waals surface area contributed by atoms with Crippen molar-refractivity contribution < 1.29 is 9.32 Å². The molecule has 3 aromatic rings. The molecule has 3 rings (SSSR count). The fourth-order valence-electron chi connectivity index (χ4n) is 2.57. The molecule has 0 aliphatic rings. The Morgan fingerprint density at radius 2 is 1.89 bits per heavy atom. The van der Waals surface area contributed by atoms with Gasteiger partial charge in [-0.05, 0) is 55.8 Å². The van der Waals surface area contributed by atoms with E-state index >= 15 is 0 Å². The minimum Gasteiger partial charge on any atom is -0.378 e. The minimum atomic E-state index is -0.218. The monoisotopic (exact) mass is 379 g/mol. The summed E-state index contributed by atoms with van der Waals surface area (Å²) in [5, 5.41) is 9.76. The van der Waals surface area contributed by atoms with Gasteiger partial charge in [-0.3, -0.25) is 0 Å². The van der Waals surface area contributed by atoms with Gasteiger partial charge in [0, 0.05) is 42.6 Å². The van der Waals surface area contributed by atoms with E-state index < -0.39 is 0 Å². The van der Waals surface area contributed by atoms with Crippen LogP contribution in [0.4, 0.5) is 16.2 Å². The summed E-state index contributed by atoms with van der Waals surface area (Å²) in [6, 6.07) is 15.2. The first-order chi connectivity index (χ1) is 13.5. The van der Waals surface area contributed by atoms with E-state index in [-0.39, 0.29) is 12.1 Å². The van der Waals surface area contributed by atoms with Crippen LogP contribution in [-0.2, 0) is 0 Å². The summed E-state index contributed by atoms with van der Waals surface area (Å²) >= 11 is 0. The number of rotatable bonds is 6. The lowest BCUT2D eigenvalue weighted by Gasteiger charge is -2.12. The first kappa shape index (κ1) is 19.4. The van der Waals surface area contributed by atoms with E-state index in [0.717, 1.165) is 23.2 Å². The SMILES string of the molecule is CCC(C)NC(=O)Nc1ccc(-c2noc(-c3cccc(N(C)C)c3)n2)cc1. The first-order valence-electron chi connectivity index (χ1n) is 9.25. The summed E-state index contributed by atoms with van der Waals surface area (Å²) in [6.45, 7) is 3.99. The third-order valence-corrected chi connectivity index (χ3v) is 4.43. The van der Waals surface area contributed by atoms with Crippen molar-refractivity contribution in [2.75, 3.05) is 24.3 Å². The minimum absolute atomic E-state index is 0.128. The molecule has 1 aromatic heterocycles. The van der Waals surface area contributed by atoms with Gasteiger partial charge in [-0.2, -0.15) is 4.98 Å². The van der Waals surface area contributed by atoms with E-state index in [1.54, 1.807) is 0 Å². The molecule has 1 atom stereocenters. The highest BCUT2D eigenvalue weighted by Crippen LogP contribution is 2.25. The Kier molecular flexibility index (Phi) is 5.93. The molecule has 0 saturated heterocycles. The number of hydrogen-bond acceptors (Lipinski definition) is 5. The van der Waals surface area contributed by atoms with Gasteiger partial charge in [-0.1, -0.05) is 18.1 Å². The zero-order chi connectivity index (χ0) is 20.1. The molecule has 0 fully saturated rings. The van der Waals surface area contributed by atoms with Gasteiger partial charge in [0.2, 0.25) is 5.82 Å². The summed E-state index contributed by atoms with van der Waals surface area (Å²) in [5.41, 5.74) is 3.44. The van der Waals surface area contributed by atoms with Crippen LogP contribution >= 0.6 is 0 Å². The van der Waals surface area contributed by atoms with Crippen LogP contribution in [0.2, 0.25) is 0 Å². The van der Waals surface area contributed by atoms with Crippen molar-refractivity contribution in [1.82, 2.24) is 15.5 Å². The number of nitrogens with zero attached hydrogens (tertiary/aromatic N) is 3. The van der Waals surface area contributed by atoms with Crippen molar-refractivity contribution in [2.45, 2.75) is 26.3 Å². The van der Waals surface area contributed by atoms with Gasteiger partial charge in [0.25, 0.3) is 5.89 Å². The molecule has 1 unspecified atom stereocenters. The highest BCUT2D eigenvalue weighted by molar-refractivity contribution is 5.89. The molecule has 1 heterocycles. The Hall–Kier alpha value is -3.35. The molecule has 0 saturated carbocycles. The maximum absolute atomic E-state index is 11.9. The molecule has 7 heteroatoms. The van der Waals surface area contributed by atoms with Gasteiger partial charge in [0.15, 0.2) is 0 Å². The predicted molar refractivity (Wildman–Crippen MR) is 111 cm³/mol. The smallest absolute Gasteiger partial charge is 0.319 e. The van der Waals surface area contributed by atoms with Crippen molar-refractivity contribution in [3.8, 4) is 22.8 Å². The van der Waals surface area contributed by atoms with E-state index in [1.807, 2.05) is 81.4 Å². The molecular weight excluding hydrogens is 354 g/mol. The number of amides is 2. The number of urea groups is 1. The van der Waals surface area contributed by atoms with Gasteiger partial charge in [0.05, 0.1) is 0 Å². The highest BCUT2D eigenvalue weighted by Gasteiger charge is 2.12. The maximum Gasteiger partial charge on any atom is 0.319 e. The third kappa shape index (κ3) is 4.68. The normalized spacial score (nSPS) is 11.7. The number of aromatic nitrogens is 2. The standard InChI is InChI=1S/C21H25N5O2/c1-5-14(2)22-21(27)23-17-11-9-15(10-12-17)19-24-20(28-25-19)16-7-6-8-18(13-16)26(3)4/h6-14H,5H2,1-4H3,(H2,22,23,27). The largest absolute Gasteiger partial charge is 0.378 e. The van der Waals surface area contributed by atoms with Crippen LogP contribution in [0.3, 0.4) is 0 Å². The Labute approximate surface area is 164 Å². The lowest BCUT2D eigenvalue weighted by molar-refractivity contribution is 0.249. The second kappa shape index (κ2) is 8.56. The van der Waals surface area contributed by atoms with E-state index in [0.29, 0.717) is 17.4 Å². The molecule has 28 heavy (non-hydrogen) atoms. The van der Waals surface area contributed by atoms with Crippen molar-refractivity contribution >= 4 is 17.4 Å². The van der Waals surface area contributed by atoms with Crippen LogP contribution in [0.15, 0.2) is 53.1 Å². The first-order valence-corrected chi connectivity index (χ1v) is 9.25. The second-order valence-corrected chi connectivity index (χ2v) is 6.85. The molecule has 0 spiro atoms. The molecule has 0 aliphatic heterocycles. The predicted octanol–water partition coefficient (Wildman–Crippen LogP) is 4.39. The molecular formula is C21H25N5O2. The molecule has 0 radical (unpaired) electrons. The molecule has 2 N–H and O–H groups in total. The molecule has 146 valence electrons. The summed E-state index contributed by atoms with van der Waals surface area (Å²) in [4.78, 5) is 18.4. The Bertz CT molecular complexity index is 934. The van der Waals surface area contributed by atoms with E-state index in [4.69, 9.17) is 4.52 Å². The van der Waals surface area contributed by atoms with Crippen LogP contribution in [0.25, 0.3) is 22.8 Å². The van der Waals surface area contributed by atoms with Crippen LogP contribution < -0.4 is 15.5 Å². The molecule has 7 nitrogen and oxygen atoms in total. The van der Waals surface area contributed by atoms with Crippen molar-refractivity contribution in [2.24, 2.45) is 0 Å². The quantitative estimate of drug-likeness (QED) is 0.664. The Morgan fingerprint density at radius 1 is 1.14 bits per heavy atom. The number of carbonyl (C=O) groups excluding carboxylic acids is 1. The molecule has 2 aromatic carbocycles. The number of anilines is 2. The number of hydrogen-bond donors (Lipinski definition) is 2. The second-order valence-electron chi connectivity index (χ2n) is 6.85. The molecule has 2 amide bonds. The maximum atomic E-state index is 11.9. The van der Waals surface area contributed by atoms with Crippen LogP contribution in [0.1, 0.15) is 20.3 Å². The van der Waals surface area contributed by atoms with E-state index in [1.165, 1.54) is 0 Å². The fourth-order valence-corrected chi connectivity index (χ4v) is 2.57.